The van der Waals surface area contributed by atoms with Crippen molar-refractivity contribution >= 4 is 23.2 Å². The van der Waals surface area contributed by atoms with Crippen LogP contribution in [0.3, 0.4) is 0 Å². The van der Waals surface area contributed by atoms with E-state index in [-0.39, 0.29) is 17.1 Å². The molecule has 0 aliphatic heterocycles. The van der Waals surface area contributed by atoms with Crippen LogP contribution in [0, 0.1) is 5.92 Å². The second-order valence-electron chi connectivity index (χ2n) is 5.90. The van der Waals surface area contributed by atoms with Crippen molar-refractivity contribution < 1.29 is 4.79 Å². The maximum absolute atomic E-state index is 12.6. The number of fused-ring (bicyclic) bond motifs is 1. The highest BCUT2D eigenvalue weighted by Crippen LogP contribution is 2.28. The minimum atomic E-state index is -0.201. The van der Waals surface area contributed by atoms with Gasteiger partial charge in [-0.25, -0.2) is 4.98 Å². The third-order valence-electron chi connectivity index (χ3n) is 3.69. The highest BCUT2D eigenvalue weighted by molar-refractivity contribution is 8.00. The summed E-state index contributed by atoms with van der Waals surface area (Å²) in [5.74, 6) is 0.214. The number of nitrogens with zero attached hydrogens (tertiary/aromatic N) is 3. The van der Waals surface area contributed by atoms with Crippen molar-refractivity contribution in [1.82, 2.24) is 19.7 Å². The summed E-state index contributed by atoms with van der Waals surface area (Å²) in [4.78, 5) is 21.2. The Balaban J connectivity index is 1.71. The lowest BCUT2D eigenvalue weighted by atomic mass is 10.1. The molecule has 0 fully saturated rings. The van der Waals surface area contributed by atoms with Crippen LogP contribution in [-0.4, -0.2) is 25.5 Å². The van der Waals surface area contributed by atoms with E-state index < -0.39 is 0 Å². The van der Waals surface area contributed by atoms with Crippen LogP contribution in [0.1, 0.15) is 19.4 Å². The molecule has 24 heavy (non-hydrogen) atoms. The molecule has 3 aromatic rings. The number of imidazole rings is 1. The predicted octanol–water partition coefficient (Wildman–Crippen LogP) is 3.16. The number of carbonyl (C=O) groups is 1. The summed E-state index contributed by atoms with van der Waals surface area (Å²) >= 11 is 1.50. The van der Waals surface area contributed by atoms with Crippen molar-refractivity contribution in [1.29, 1.82) is 0 Å². The van der Waals surface area contributed by atoms with Crippen LogP contribution in [0.2, 0.25) is 0 Å². The Kier molecular flexibility index (Phi) is 5.15. The van der Waals surface area contributed by atoms with Gasteiger partial charge in [0.2, 0.25) is 5.91 Å². The summed E-state index contributed by atoms with van der Waals surface area (Å²) in [5.41, 5.74) is 2.02. The van der Waals surface area contributed by atoms with Gasteiger partial charge in [0.1, 0.15) is 0 Å². The topological polar surface area (TPSA) is 59.3 Å². The molecule has 0 saturated carbocycles. The molecule has 0 aliphatic rings. The summed E-state index contributed by atoms with van der Waals surface area (Å²) in [7, 11) is 0. The number of nitrogens with one attached hydrogen (secondary N) is 1. The lowest BCUT2D eigenvalue weighted by molar-refractivity contribution is -0.121. The van der Waals surface area contributed by atoms with Crippen LogP contribution in [0.5, 0.6) is 0 Å². The number of aromatic nitrogens is 3. The molecule has 0 aliphatic carbocycles. The number of hydrogen-bond donors (Lipinski definition) is 1. The van der Waals surface area contributed by atoms with Crippen molar-refractivity contribution in [3.05, 3.63) is 60.7 Å². The molecule has 0 aromatic carbocycles. The van der Waals surface area contributed by atoms with Crippen molar-refractivity contribution in [2.75, 3.05) is 0 Å². The lowest BCUT2D eigenvalue weighted by Crippen LogP contribution is -2.35. The van der Waals surface area contributed by atoms with Gasteiger partial charge < -0.3 is 5.32 Å². The largest absolute Gasteiger partial charge is 0.351 e. The summed E-state index contributed by atoms with van der Waals surface area (Å²) in [6.07, 6.45) is 7.28. The number of hydrogen-bond acceptors (Lipinski definition) is 4. The average Bonchev–Trinajstić information content (AvgIpc) is 3.01. The molecule has 3 rings (SSSR count). The van der Waals surface area contributed by atoms with E-state index in [4.69, 9.17) is 0 Å². The summed E-state index contributed by atoms with van der Waals surface area (Å²) in [6.45, 7) is 4.59. The standard InChI is InChI=1S/C18H20N4OS/c1-13(2)16(17(23)20-11-14-6-5-8-19-10-14)24-18-21-12-15-7-3-4-9-22(15)18/h3-10,12-13,16H,11H2,1-2H3,(H,20,23)/t16-/m0/s1. The first kappa shape index (κ1) is 16.5. The fraction of sp³-hybridized carbons (Fsp3) is 0.278. The zero-order valence-electron chi connectivity index (χ0n) is 13.7. The number of pyridine rings is 2. The lowest BCUT2D eigenvalue weighted by Gasteiger charge is -2.19. The van der Waals surface area contributed by atoms with Crippen LogP contribution >= 0.6 is 11.8 Å². The van der Waals surface area contributed by atoms with E-state index in [9.17, 15) is 4.79 Å². The maximum Gasteiger partial charge on any atom is 0.234 e. The van der Waals surface area contributed by atoms with E-state index in [2.05, 4.69) is 29.1 Å². The number of amides is 1. The zero-order chi connectivity index (χ0) is 16.9. The molecular weight excluding hydrogens is 320 g/mol. The van der Waals surface area contributed by atoms with E-state index in [0.29, 0.717) is 6.54 Å². The zero-order valence-corrected chi connectivity index (χ0v) is 14.5. The Morgan fingerprint density at radius 1 is 1.25 bits per heavy atom. The number of carbonyl (C=O) groups excluding carboxylic acids is 1. The van der Waals surface area contributed by atoms with Gasteiger partial charge in [0.25, 0.3) is 0 Å². The van der Waals surface area contributed by atoms with Crippen molar-refractivity contribution in [3.63, 3.8) is 0 Å². The molecule has 3 heterocycles. The molecule has 3 aromatic heterocycles. The van der Waals surface area contributed by atoms with E-state index in [0.717, 1.165) is 16.2 Å². The first-order chi connectivity index (χ1) is 11.6. The second kappa shape index (κ2) is 7.49. The van der Waals surface area contributed by atoms with Crippen LogP contribution < -0.4 is 5.32 Å². The minimum Gasteiger partial charge on any atom is -0.351 e. The first-order valence-corrected chi connectivity index (χ1v) is 8.78. The van der Waals surface area contributed by atoms with Crippen molar-refractivity contribution in [2.24, 2.45) is 5.92 Å². The van der Waals surface area contributed by atoms with Gasteiger partial charge in [-0.3, -0.25) is 14.2 Å². The minimum absolute atomic E-state index is 0.0199. The average molecular weight is 340 g/mol. The third kappa shape index (κ3) is 3.76. The highest BCUT2D eigenvalue weighted by atomic mass is 32.2. The molecule has 0 unspecified atom stereocenters. The third-order valence-corrected chi connectivity index (χ3v) is 5.22. The number of thioether (sulfide) groups is 1. The first-order valence-electron chi connectivity index (χ1n) is 7.90. The maximum atomic E-state index is 12.6. The van der Waals surface area contributed by atoms with Gasteiger partial charge in [0.15, 0.2) is 5.16 Å². The van der Waals surface area contributed by atoms with Crippen molar-refractivity contribution in [3.8, 4) is 0 Å². The van der Waals surface area contributed by atoms with E-state index >= 15 is 0 Å². The van der Waals surface area contributed by atoms with Gasteiger partial charge in [-0.05, 0) is 29.7 Å². The molecular formula is C18H20N4OS. The smallest absolute Gasteiger partial charge is 0.234 e. The Hall–Kier alpha value is -2.34. The molecule has 0 radical (unpaired) electrons. The monoisotopic (exact) mass is 340 g/mol. The SMILES string of the molecule is CC(C)[C@H](Sc1ncc2ccccn12)C(=O)NCc1cccnc1. The Morgan fingerprint density at radius 3 is 2.88 bits per heavy atom. The van der Waals surface area contributed by atoms with Crippen LogP contribution in [-0.2, 0) is 11.3 Å². The Bertz CT molecular complexity index is 816. The van der Waals surface area contributed by atoms with Crippen LogP contribution in [0.25, 0.3) is 5.52 Å². The fourth-order valence-corrected chi connectivity index (χ4v) is 3.49. The molecule has 1 atom stereocenters. The van der Waals surface area contributed by atoms with E-state index in [1.807, 2.05) is 47.1 Å². The quantitative estimate of drug-likeness (QED) is 0.700. The predicted molar refractivity (Wildman–Crippen MR) is 95.8 cm³/mol. The highest BCUT2D eigenvalue weighted by Gasteiger charge is 2.25. The van der Waals surface area contributed by atoms with Gasteiger partial charge in [0.05, 0.1) is 17.0 Å². The van der Waals surface area contributed by atoms with E-state index in [1.165, 1.54) is 11.8 Å². The summed E-state index contributed by atoms with van der Waals surface area (Å²) in [6, 6.07) is 9.77. The van der Waals surface area contributed by atoms with Crippen LogP contribution in [0.15, 0.2) is 60.3 Å². The molecule has 0 saturated heterocycles. The van der Waals surface area contributed by atoms with Gasteiger partial charge in [-0.15, -0.1) is 0 Å². The van der Waals surface area contributed by atoms with Gasteiger partial charge in [-0.1, -0.05) is 37.7 Å². The molecule has 1 N–H and O–H groups in total. The van der Waals surface area contributed by atoms with Gasteiger partial charge in [-0.2, -0.15) is 0 Å². The molecule has 5 nitrogen and oxygen atoms in total. The van der Waals surface area contributed by atoms with Gasteiger partial charge in [0, 0.05) is 25.1 Å². The van der Waals surface area contributed by atoms with E-state index in [1.54, 1.807) is 12.4 Å². The Morgan fingerprint density at radius 2 is 2.12 bits per heavy atom. The second-order valence-corrected chi connectivity index (χ2v) is 7.01. The Labute approximate surface area is 145 Å². The van der Waals surface area contributed by atoms with Crippen LogP contribution in [0.4, 0.5) is 0 Å². The molecule has 6 heteroatoms. The van der Waals surface area contributed by atoms with Crippen molar-refractivity contribution in [2.45, 2.75) is 30.8 Å². The summed E-state index contributed by atoms with van der Waals surface area (Å²) < 4.78 is 2.01. The summed E-state index contributed by atoms with van der Waals surface area (Å²) in [5, 5.41) is 3.64. The van der Waals surface area contributed by atoms with Gasteiger partial charge >= 0.3 is 0 Å². The molecule has 124 valence electrons. The molecule has 1 amide bonds. The fourth-order valence-electron chi connectivity index (χ4n) is 2.40. The molecule has 0 bridgehead atoms. The normalized spacial score (nSPS) is 12.5. The molecule has 0 spiro atoms. The number of rotatable bonds is 6.